The number of amides is 2. The number of benzene rings is 2. The highest BCUT2D eigenvalue weighted by Crippen LogP contribution is 2.15. The summed E-state index contributed by atoms with van der Waals surface area (Å²) >= 11 is 0. The zero-order valence-electron chi connectivity index (χ0n) is 11.5. The van der Waals surface area contributed by atoms with Crippen LogP contribution < -0.4 is 11.1 Å². The summed E-state index contributed by atoms with van der Waals surface area (Å²) in [6.07, 6.45) is 3.28. The molecule has 0 saturated carbocycles. The van der Waals surface area contributed by atoms with Crippen molar-refractivity contribution in [2.75, 3.05) is 5.32 Å². The maximum absolute atomic E-state index is 11.9. The SMILES string of the molecule is NC(=O)Cc1ccccc1NC(=O)/C=C/c1ccccc1. The van der Waals surface area contributed by atoms with Crippen molar-refractivity contribution in [3.8, 4) is 0 Å². The summed E-state index contributed by atoms with van der Waals surface area (Å²) in [5.74, 6) is -0.688. The van der Waals surface area contributed by atoms with Crippen LogP contribution in [0.25, 0.3) is 6.08 Å². The molecule has 0 spiro atoms. The number of hydrogen-bond donors (Lipinski definition) is 2. The van der Waals surface area contributed by atoms with Crippen molar-refractivity contribution >= 4 is 23.6 Å². The van der Waals surface area contributed by atoms with Gasteiger partial charge in [-0.15, -0.1) is 0 Å². The van der Waals surface area contributed by atoms with E-state index in [-0.39, 0.29) is 12.3 Å². The molecule has 2 aromatic carbocycles. The fourth-order valence-electron chi connectivity index (χ4n) is 1.89. The summed E-state index contributed by atoms with van der Waals surface area (Å²) in [6.45, 7) is 0. The molecule has 3 N–H and O–H groups in total. The van der Waals surface area contributed by atoms with Crippen LogP contribution in [0, 0.1) is 0 Å². The van der Waals surface area contributed by atoms with Gasteiger partial charge in [-0.05, 0) is 23.3 Å². The molecule has 0 saturated heterocycles. The molecular weight excluding hydrogens is 264 g/mol. The van der Waals surface area contributed by atoms with E-state index >= 15 is 0 Å². The Labute approximate surface area is 123 Å². The zero-order chi connectivity index (χ0) is 15.1. The molecule has 0 aliphatic heterocycles. The normalized spacial score (nSPS) is 10.5. The van der Waals surface area contributed by atoms with Crippen LogP contribution in [0.4, 0.5) is 5.69 Å². The molecule has 106 valence electrons. The van der Waals surface area contributed by atoms with E-state index in [0.717, 1.165) is 5.56 Å². The molecule has 2 amide bonds. The predicted molar refractivity (Wildman–Crippen MR) is 83.4 cm³/mol. The summed E-state index contributed by atoms with van der Waals surface area (Å²) in [5, 5.41) is 2.75. The largest absolute Gasteiger partial charge is 0.369 e. The number of hydrogen-bond acceptors (Lipinski definition) is 2. The van der Waals surface area contributed by atoms with Crippen molar-refractivity contribution in [3.05, 3.63) is 71.8 Å². The highest BCUT2D eigenvalue weighted by atomic mass is 16.1. The first-order chi connectivity index (χ1) is 10.1. The predicted octanol–water partition coefficient (Wildman–Crippen LogP) is 2.37. The van der Waals surface area contributed by atoms with E-state index in [1.807, 2.05) is 30.3 Å². The van der Waals surface area contributed by atoms with Gasteiger partial charge in [0.25, 0.3) is 0 Å². The second-order valence-corrected chi connectivity index (χ2v) is 4.53. The molecule has 2 rings (SSSR count). The fourth-order valence-corrected chi connectivity index (χ4v) is 1.89. The average Bonchev–Trinajstić information content (AvgIpc) is 2.48. The Morgan fingerprint density at radius 2 is 1.67 bits per heavy atom. The van der Waals surface area contributed by atoms with Gasteiger partial charge in [0.2, 0.25) is 11.8 Å². The van der Waals surface area contributed by atoms with Gasteiger partial charge in [0.1, 0.15) is 0 Å². The van der Waals surface area contributed by atoms with Gasteiger partial charge in [-0.25, -0.2) is 0 Å². The van der Waals surface area contributed by atoms with Gasteiger partial charge in [0.05, 0.1) is 6.42 Å². The molecular formula is C17H16N2O2. The van der Waals surface area contributed by atoms with Crippen LogP contribution in [-0.4, -0.2) is 11.8 Å². The number of para-hydroxylation sites is 1. The molecule has 0 aliphatic rings. The Hall–Kier alpha value is -2.88. The van der Waals surface area contributed by atoms with E-state index in [1.54, 1.807) is 30.3 Å². The summed E-state index contributed by atoms with van der Waals surface area (Å²) in [6, 6.07) is 16.6. The maximum atomic E-state index is 11.9. The van der Waals surface area contributed by atoms with Crippen LogP contribution in [0.2, 0.25) is 0 Å². The quantitative estimate of drug-likeness (QED) is 0.825. The van der Waals surface area contributed by atoms with Crippen molar-refractivity contribution in [2.45, 2.75) is 6.42 Å². The summed E-state index contributed by atoms with van der Waals surface area (Å²) in [5.41, 5.74) is 7.43. The third kappa shape index (κ3) is 4.62. The first-order valence-corrected chi connectivity index (χ1v) is 6.55. The lowest BCUT2D eigenvalue weighted by Crippen LogP contribution is -2.16. The Kier molecular flexibility index (Phi) is 4.88. The van der Waals surface area contributed by atoms with Crippen LogP contribution >= 0.6 is 0 Å². The topological polar surface area (TPSA) is 72.2 Å². The standard InChI is InChI=1S/C17H16N2O2/c18-16(20)12-14-8-4-5-9-15(14)19-17(21)11-10-13-6-2-1-3-7-13/h1-11H,12H2,(H2,18,20)(H,19,21)/b11-10+. The van der Waals surface area contributed by atoms with E-state index in [0.29, 0.717) is 11.3 Å². The Morgan fingerprint density at radius 1 is 1.00 bits per heavy atom. The lowest BCUT2D eigenvalue weighted by Gasteiger charge is -2.08. The van der Waals surface area contributed by atoms with Crippen LogP contribution in [0.1, 0.15) is 11.1 Å². The van der Waals surface area contributed by atoms with Crippen LogP contribution in [-0.2, 0) is 16.0 Å². The zero-order valence-corrected chi connectivity index (χ0v) is 11.5. The molecule has 4 nitrogen and oxygen atoms in total. The smallest absolute Gasteiger partial charge is 0.248 e. The first-order valence-electron chi connectivity index (χ1n) is 6.55. The van der Waals surface area contributed by atoms with E-state index in [2.05, 4.69) is 5.32 Å². The van der Waals surface area contributed by atoms with Crippen LogP contribution in [0.3, 0.4) is 0 Å². The lowest BCUT2D eigenvalue weighted by atomic mass is 10.1. The summed E-state index contributed by atoms with van der Waals surface area (Å²) < 4.78 is 0. The Balaban J connectivity index is 2.06. The van der Waals surface area contributed by atoms with Gasteiger partial charge < -0.3 is 11.1 Å². The molecule has 0 radical (unpaired) electrons. The minimum atomic E-state index is -0.434. The van der Waals surface area contributed by atoms with Gasteiger partial charge in [0, 0.05) is 11.8 Å². The van der Waals surface area contributed by atoms with E-state index in [4.69, 9.17) is 5.73 Å². The minimum absolute atomic E-state index is 0.0961. The lowest BCUT2D eigenvalue weighted by molar-refractivity contribution is -0.117. The molecule has 0 heterocycles. The molecule has 0 unspecified atom stereocenters. The van der Waals surface area contributed by atoms with Gasteiger partial charge in [-0.3, -0.25) is 9.59 Å². The second kappa shape index (κ2) is 7.05. The third-order valence-electron chi connectivity index (χ3n) is 2.87. The number of rotatable bonds is 5. The monoisotopic (exact) mass is 280 g/mol. The molecule has 0 aromatic heterocycles. The van der Waals surface area contributed by atoms with Gasteiger partial charge in [-0.1, -0.05) is 48.5 Å². The van der Waals surface area contributed by atoms with Crippen molar-refractivity contribution in [1.29, 1.82) is 0 Å². The molecule has 0 bridgehead atoms. The number of carbonyl (C=O) groups is 2. The number of primary amides is 1. The fraction of sp³-hybridized carbons (Fsp3) is 0.0588. The highest BCUT2D eigenvalue weighted by Gasteiger charge is 2.06. The van der Waals surface area contributed by atoms with Crippen molar-refractivity contribution in [1.82, 2.24) is 0 Å². The molecule has 0 aliphatic carbocycles. The van der Waals surface area contributed by atoms with E-state index < -0.39 is 5.91 Å². The molecule has 21 heavy (non-hydrogen) atoms. The first kappa shape index (κ1) is 14.5. The van der Waals surface area contributed by atoms with Gasteiger partial charge >= 0.3 is 0 Å². The van der Waals surface area contributed by atoms with Crippen molar-refractivity contribution in [2.24, 2.45) is 5.73 Å². The van der Waals surface area contributed by atoms with Crippen molar-refractivity contribution in [3.63, 3.8) is 0 Å². The number of nitrogens with two attached hydrogens (primary N) is 1. The number of carbonyl (C=O) groups excluding carboxylic acids is 2. The van der Waals surface area contributed by atoms with E-state index in [9.17, 15) is 9.59 Å². The van der Waals surface area contributed by atoms with E-state index in [1.165, 1.54) is 6.08 Å². The Morgan fingerprint density at radius 3 is 2.38 bits per heavy atom. The van der Waals surface area contributed by atoms with Crippen LogP contribution in [0.5, 0.6) is 0 Å². The van der Waals surface area contributed by atoms with Gasteiger partial charge in [0.15, 0.2) is 0 Å². The number of anilines is 1. The summed E-state index contributed by atoms with van der Waals surface area (Å²) in [4.78, 5) is 22.9. The second-order valence-electron chi connectivity index (χ2n) is 4.53. The maximum Gasteiger partial charge on any atom is 0.248 e. The average molecular weight is 280 g/mol. The summed E-state index contributed by atoms with van der Waals surface area (Å²) in [7, 11) is 0. The Bertz CT molecular complexity index is 664. The highest BCUT2D eigenvalue weighted by molar-refractivity contribution is 6.02. The minimum Gasteiger partial charge on any atom is -0.369 e. The van der Waals surface area contributed by atoms with Crippen LogP contribution in [0.15, 0.2) is 60.7 Å². The van der Waals surface area contributed by atoms with Crippen molar-refractivity contribution < 1.29 is 9.59 Å². The molecule has 2 aromatic rings. The molecule has 0 fully saturated rings. The third-order valence-corrected chi connectivity index (χ3v) is 2.87. The molecule has 0 atom stereocenters. The molecule has 4 heteroatoms. The van der Waals surface area contributed by atoms with Gasteiger partial charge in [-0.2, -0.15) is 0 Å². The number of nitrogens with one attached hydrogen (secondary N) is 1.